The number of anilines is 1. The van der Waals surface area contributed by atoms with Gasteiger partial charge in [0.25, 0.3) is 5.91 Å². The van der Waals surface area contributed by atoms with Gasteiger partial charge >= 0.3 is 6.61 Å². The van der Waals surface area contributed by atoms with Crippen molar-refractivity contribution in [3.8, 4) is 17.6 Å². The third kappa shape index (κ3) is 5.05. The van der Waals surface area contributed by atoms with Crippen LogP contribution in [0.3, 0.4) is 0 Å². The molecule has 0 spiro atoms. The van der Waals surface area contributed by atoms with Gasteiger partial charge in [0.1, 0.15) is 11.6 Å². The molecular formula is C19H16F2N2O3. The zero-order chi connectivity index (χ0) is 19.1. The van der Waals surface area contributed by atoms with E-state index in [0.717, 1.165) is 5.56 Å². The number of ether oxygens (including phenoxy) is 2. The lowest BCUT2D eigenvalue weighted by atomic mass is 10.1. The third-order valence-electron chi connectivity index (χ3n) is 3.39. The van der Waals surface area contributed by atoms with Crippen molar-refractivity contribution in [3.63, 3.8) is 0 Å². The Morgan fingerprint density at radius 3 is 2.46 bits per heavy atom. The van der Waals surface area contributed by atoms with E-state index in [2.05, 4.69) is 10.1 Å². The first-order valence-electron chi connectivity index (χ1n) is 7.55. The molecule has 2 aromatic rings. The van der Waals surface area contributed by atoms with Gasteiger partial charge in [-0.1, -0.05) is 23.8 Å². The van der Waals surface area contributed by atoms with Crippen LogP contribution in [0.1, 0.15) is 11.1 Å². The van der Waals surface area contributed by atoms with E-state index in [1.54, 1.807) is 12.1 Å². The Kier molecular flexibility index (Phi) is 6.28. The number of halogens is 2. The number of nitrogens with one attached hydrogen (secondary N) is 1. The molecule has 0 heterocycles. The van der Waals surface area contributed by atoms with E-state index in [9.17, 15) is 18.8 Å². The van der Waals surface area contributed by atoms with Crippen LogP contribution in [0, 0.1) is 18.3 Å². The Morgan fingerprint density at radius 1 is 1.19 bits per heavy atom. The highest BCUT2D eigenvalue weighted by Crippen LogP contribution is 2.30. The summed E-state index contributed by atoms with van der Waals surface area (Å²) in [5, 5.41) is 11.9. The number of amides is 1. The summed E-state index contributed by atoms with van der Waals surface area (Å²) < 4.78 is 34.0. The van der Waals surface area contributed by atoms with Crippen molar-refractivity contribution in [1.82, 2.24) is 0 Å². The highest BCUT2D eigenvalue weighted by molar-refractivity contribution is 6.09. The molecule has 0 aromatic heterocycles. The van der Waals surface area contributed by atoms with Crippen molar-refractivity contribution in [3.05, 3.63) is 59.2 Å². The van der Waals surface area contributed by atoms with E-state index in [1.165, 1.54) is 31.4 Å². The quantitative estimate of drug-likeness (QED) is 0.622. The summed E-state index contributed by atoms with van der Waals surface area (Å²) in [6.45, 7) is -1.07. The summed E-state index contributed by atoms with van der Waals surface area (Å²) >= 11 is 0. The van der Waals surface area contributed by atoms with Gasteiger partial charge in [0.05, 0.1) is 7.11 Å². The van der Waals surface area contributed by atoms with Crippen LogP contribution in [0.2, 0.25) is 0 Å². The third-order valence-corrected chi connectivity index (χ3v) is 3.39. The van der Waals surface area contributed by atoms with Gasteiger partial charge in [-0.15, -0.1) is 0 Å². The van der Waals surface area contributed by atoms with Crippen LogP contribution in [-0.2, 0) is 4.79 Å². The summed E-state index contributed by atoms with van der Waals surface area (Å²) in [6, 6.07) is 13.1. The molecule has 0 radical (unpaired) electrons. The molecule has 0 aliphatic heterocycles. The summed E-state index contributed by atoms with van der Waals surface area (Å²) in [5.74, 6) is -0.652. The van der Waals surface area contributed by atoms with E-state index < -0.39 is 12.5 Å². The van der Waals surface area contributed by atoms with Crippen molar-refractivity contribution >= 4 is 17.7 Å². The molecule has 1 N–H and O–H groups in total. The minimum Gasteiger partial charge on any atom is -0.493 e. The summed E-state index contributed by atoms with van der Waals surface area (Å²) in [5.41, 5.74) is 1.88. The minimum absolute atomic E-state index is 0.0651. The molecule has 2 rings (SSSR count). The van der Waals surface area contributed by atoms with Crippen molar-refractivity contribution < 1.29 is 23.0 Å². The number of nitrogens with zero attached hydrogens (tertiary/aromatic N) is 1. The first-order valence-corrected chi connectivity index (χ1v) is 7.55. The maximum absolute atomic E-state index is 12.4. The average Bonchev–Trinajstić information content (AvgIpc) is 2.62. The van der Waals surface area contributed by atoms with Crippen LogP contribution in [-0.4, -0.2) is 19.6 Å². The Balaban J connectivity index is 2.23. The molecule has 2 aromatic carbocycles. The number of carbonyl (C=O) groups is 1. The van der Waals surface area contributed by atoms with Gasteiger partial charge in [-0.25, -0.2) is 0 Å². The number of carbonyl (C=O) groups excluding carboxylic acids is 1. The van der Waals surface area contributed by atoms with Gasteiger partial charge in [0.15, 0.2) is 11.5 Å². The number of rotatable bonds is 6. The molecule has 0 aliphatic rings. The van der Waals surface area contributed by atoms with Gasteiger partial charge in [-0.05, 0) is 42.8 Å². The largest absolute Gasteiger partial charge is 0.493 e. The van der Waals surface area contributed by atoms with Crippen molar-refractivity contribution in [2.24, 2.45) is 0 Å². The van der Waals surface area contributed by atoms with Gasteiger partial charge in [-0.2, -0.15) is 14.0 Å². The van der Waals surface area contributed by atoms with E-state index in [0.29, 0.717) is 11.3 Å². The Morgan fingerprint density at radius 2 is 1.88 bits per heavy atom. The number of alkyl halides is 2. The van der Waals surface area contributed by atoms with Gasteiger partial charge < -0.3 is 14.8 Å². The molecular weight excluding hydrogens is 342 g/mol. The van der Waals surface area contributed by atoms with Gasteiger partial charge in [-0.3, -0.25) is 4.79 Å². The van der Waals surface area contributed by atoms with E-state index in [4.69, 9.17) is 4.74 Å². The lowest BCUT2D eigenvalue weighted by Gasteiger charge is -2.10. The molecule has 5 nitrogen and oxygen atoms in total. The van der Waals surface area contributed by atoms with E-state index in [-0.39, 0.29) is 17.1 Å². The molecule has 0 bridgehead atoms. The zero-order valence-electron chi connectivity index (χ0n) is 14.1. The SMILES string of the molecule is COc1cc(/C=C(\C#N)C(=O)Nc2ccc(C)cc2)ccc1OC(F)F. The molecule has 7 heteroatoms. The molecule has 0 atom stereocenters. The monoisotopic (exact) mass is 358 g/mol. The van der Waals surface area contributed by atoms with E-state index in [1.807, 2.05) is 25.1 Å². The maximum atomic E-state index is 12.4. The molecule has 0 saturated carbocycles. The van der Waals surface area contributed by atoms with Crippen LogP contribution < -0.4 is 14.8 Å². The maximum Gasteiger partial charge on any atom is 0.387 e. The first-order chi connectivity index (χ1) is 12.4. The highest BCUT2D eigenvalue weighted by Gasteiger charge is 2.13. The normalized spacial score (nSPS) is 11.0. The number of nitriles is 1. The fraction of sp³-hybridized carbons (Fsp3) is 0.158. The van der Waals surface area contributed by atoms with Crippen molar-refractivity contribution in [1.29, 1.82) is 5.26 Å². The van der Waals surface area contributed by atoms with Crippen LogP contribution in [0.5, 0.6) is 11.5 Å². The Bertz CT molecular complexity index is 856. The van der Waals surface area contributed by atoms with Gasteiger partial charge in [0.2, 0.25) is 0 Å². The Labute approximate surface area is 149 Å². The number of hydrogen-bond donors (Lipinski definition) is 1. The van der Waals surface area contributed by atoms with Crippen LogP contribution in [0.15, 0.2) is 48.0 Å². The second-order valence-electron chi connectivity index (χ2n) is 5.28. The lowest BCUT2D eigenvalue weighted by molar-refractivity contribution is -0.112. The molecule has 0 fully saturated rings. The predicted octanol–water partition coefficient (Wildman–Crippen LogP) is 4.15. The standard InChI is InChI=1S/C19H16F2N2O3/c1-12-3-6-15(7-4-12)23-18(24)14(11-22)9-13-5-8-16(26-19(20)21)17(10-13)25-2/h3-10,19H,1-2H3,(H,23,24)/b14-9+. The smallest absolute Gasteiger partial charge is 0.387 e. The molecule has 26 heavy (non-hydrogen) atoms. The second-order valence-corrected chi connectivity index (χ2v) is 5.28. The van der Waals surface area contributed by atoms with Crippen molar-refractivity contribution in [2.45, 2.75) is 13.5 Å². The van der Waals surface area contributed by atoms with Gasteiger partial charge in [0, 0.05) is 5.69 Å². The fourth-order valence-electron chi connectivity index (χ4n) is 2.12. The van der Waals surface area contributed by atoms with E-state index >= 15 is 0 Å². The molecule has 0 saturated heterocycles. The zero-order valence-corrected chi connectivity index (χ0v) is 14.1. The number of methoxy groups -OCH3 is 1. The topological polar surface area (TPSA) is 71.3 Å². The highest BCUT2D eigenvalue weighted by atomic mass is 19.3. The molecule has 0 aliphatic carbocycles. The number of aryl methyl sites for hydroxylation is 1. The van der Waals surface area contributed by atoms with Crippen LogP contribution in [0.25, 0.3) is 6.08 Å². The molecule has 0 unspecified atom stereocenters. The Hall–Kier alpha value is -3.40. The predicted molar refractivity (Wildman–Crippen MR) is 93.0 cm³/mol. The number of hydrogen-bond acceptors (Lipinski definition) is 4. The minimum atomic E-state index is -2.99. The summed E-state index contributed by atoms with van der Waals surface area (Å²) in [4.78, 5) is 12.2. The summed E-state index contributed by atoms with van der Waals surface area (Å²) in [6.07, 6.45) is 1.33. The fourth-order valence-corrected chi connectivity index (χ4v) is 2.12. The molecule has 1 amide bonds. The van der Waals surface area contributed by atoms with Crippen LogP contribution >= 0.6 is 0 Å². The summed E-state index contributed by atoms with van der Waals surface area (Å²) in [7, 11) is 1.30. The average molecular weight is 358 g/mol. The lowest BCUT2D eigenvalue weighted by Crippen LogP contribution is -2.13. The first kappa shape index (κ1) is 18.9. The molecule has 134 valence electrons. The second kappa shape index (κ2) is 8.62. The number of benzene rings is 2. The van der Waals surface area contributed by atoms with Crippen molar-refractivity contribution in [2.75, 3.05) is 12.4 Å². The van der Waals surface area contributed by atoms with Crippen LogP contribution in [0.4, 0.5) is 14.5 Å².